The van der Waals surface area contributed by atoms with Gasteiger partial charge in [-0.25, -0.2) is 12.7 Å². The Balaban J connectivity index is 1.22. The van der Waals surface area contributed by atoms with E-state index in [1.165, 1.54) is 10.6 Å². The van der Waals surface area contributed by atoms with Crippen molar-refractivity contribution in [3.05, 3.63) is 89.9 Å². The van der Waals surface area contributed by atoms with Crippen LogP contribution in [0.15, 0.2) is 77.4 Å². The van der Waals surface area contributed by atoms with Crippen LogP contribution in [0, 0.1) is 5.92 Å². The lowest BCUT2D eigenvalue weighted by Gasteiger charge is -2.30. The molecular weight excluding hydrogens is 454 g/mol. The van der Waals surface area contributed by atoms with Crippen molar-refractivity contribution in [1.29, 1.82) is 0 Å². The van der Waals surface area contributed by atoms with E-state index >= 15 is 0 Å². The van der Waals surface area contributed by atoms with E-state index in [1.54, 1.807) is 36.4 Å². The molecule has 0 atom stereocenters. The normalized spacial score (nSPS) is 15.1. The van der Waals surface area contributed by atoms with Crippen LogP contribution in [-0.2, 0) is 27.1 Å². The summed E-state index contributed by atoms with van der Waals surface area (Å²) in [5.74, 6) is -0.411. The number of carbonyl (C=O) groups is 2. The van der Waals surface area contributed by atoms with Crippen LogP contribution in [-0.4, -0.2) is 37.6 Å². The van der Waals surface area contributed by atoms with E-state index in [1.807, 2.05) is 30.3 Å². The molecule has 8 nitrogen and oxygen atoms in total. The second kappa shape index (κ2) is 10.7. The van der Waals surface area contributed by atoms with Crippen LogP contribution >= 0.6 is 0 Å². The third-order valence-corrected chi connectivity index (χ3v) is 7.68. The summed E-state index contributed by atoms with van der Waals surface area (Å²) >= 11 is 0. The van der Waals surface area contributed by atoms with Gasteiger partial charge >= 0.3 is 0 Å². The van der Waals surface area contributed by atoms with Gasteiger partial charge < -0.3 is 15.1 Å². The second-order valence-corrected chi connectivity index (χ2v) is 10.2. The van der Waals surface area contributed by atoms with Gasteiger partial charge in [0.1, 0.15) is 0 Å². The molecule has 0 saturated carbocycles. The summed E-state index contributed by atoms with van der Waals surface area (Å²) in [5.41, 5.74) is 2.28. The highest BCUT2D eigenvalue weighted by atomic mass is 32.2. The van der Waals surface area contributed by atoms with E-state index in [4.69, 9.17) is 4.42 Å². The average molecular weight is 482 g/mol. The molecule has 2 amide bonds. The molecule has 0 bridgehead atoms. The lowest BCUT2D eigenvalue weighted by molar-refractivity contribution is -0.126. The smallest absolute Gasteiger partial charge is 0.291 e. The summed E-state index contributed by atoms with van der Waals surface area (Å²) in [5, 5.41) is 5.68. The Morgan fingerprint density at radius 2 is 1.62 bits per heavy atom. The molecule has 1 fully saturated rings. The number of nitrogens with one attached hydrogen (secondary N) is 2. The summed E-state index contributed by atoms with van der Waals surface area (Å²) < 4.78 is 32.0. The number of hydrogen-bond donors (Lipinski definition) is 2. The van der Waals surface area contributed by atoms with Crippen molar-refractivity contribution in [2.45, 2.75) is 25.1 Å². The lowest BCUT2D eigenvalue weighted by atomic mass is 9.97. The number of sulfonamides is 1. The molecule has 2 N–H and O–H groups in total. The number of benzene rings is 2. The van der Waals surface area contributed by atoms with Gasteiger partial charge in [0.05, 0.1) is 12.0 Å². The molecule has 34 heavy (non-hydrogen) atoms. The number of furan rings is 1. The SMILES string of the molecule is O=C(Nc1ccc(CNC(=O)C2CCN(S(=O)(=O)Cc3ccccc3)CC2)cc1)c1ccco1. The minimum Gasteiger partial charge on any atom is -0.459 e. The monoisotopic (exact) mass is 481 g/mol. The third-order valence-electron chi connectivity index (χ3n) is 5.83. The van der Waals surface area contributed by atoms with Crippen LogP contribution in [0.4, 0.5) is 5.69 Å². The van der Waals surface area contributed by atoms with Gasteiger partial charge in [-0.1, -0.05) is 42.5 Å². The largest absolute Gasteiger partial charge is 0.459 e. The molecule has 1 aliphatic rings. The molecule has 178 valence electrons. The zero-order chi connectivity index (χ0) is 24.0. The van der Waals surface area contributed by atoms with Gasteiger partial charge in [-0.05, 0) is 48.2 Å². The van der Waals surface area contributed by atoms with Gasteiger partial charge in [0, 0.05) is 31.2 Å². The number of hydrogen-bond acceptors (Lipinski definition) is 5. The minimum atomic E-state index is -3.40. The van der Waals surface area contributed by atoms with Gasteiger partial charge in [-0.2, -0.15) is 0 Å². The van der Waals surface area contributed by atoms with Crippen molar-refractivity contribution in [3.8, 4) is 0 Å². The van der Waals surface area contributed by atoms with Gasteiger partial charge in [-0.15, -0.1) is 0 Å². The zero-order valence-corrected chi connectivity index (χ0v) is 19.5. The first-order valence-electron chi connectivity index (χ1n) is 11.1. The maximum Gasteiger partial charge on any atom is 0.291 e. The van der Waals surface area contributed by atoms with E-state index in [0.29, 0.717) is 38.2 Å². The Hall–Kier alpha value is -3.43. The summed E-state index contributed by atoms with van der Waals surface area (Å²) in [6.45, 7) is 1.05. The highest BCUT2D eigenvalue weighted by Crippen LogP contribution is 2.22. The molecule has 3 aromatic rings. The van der Waals surface area contributed by atoms with Crippen molar-refractivity contribution in [3.63, 3.8) is 0 Å². The quantitative estimate of drug-likeness (QED) is 0.513. The van der Waals surface area contributed by atoms with E-state index in [0.717, 1.165) is 11.1 Å². The number of anilines is 1. The molecule has 0 spiro atoms. The molecule has 2 heterocycles. The van der Waals surface area contributed by atoms with Crippen LogP contribution in [0.1, 0.15) is 34.5 Å². The summed E-state index contributed by atoms with van der Waals surface area (Å²) in [6.07, 6.45) is 2.43. The molecule has 1 aromatic heterocycles. The Kier molecular flexibility index (Phi) is 7.44. The first kappa shape index (κ1) is 23.7. The second-order valence-electron chi connectivity index (χ2n) is 8.26. The predicted octanol–water partition coefficient (Wildman–Crippen LogP) is 3.39. The van der Waals surface area contributed by atoms with Gasteiger partial charge in [0.25, 0.3) is 5.91 Å². The fourth-order valence-electron chi connectivity index (χ4n) is 3.91. The molecular formula is C25H27N3O5S. The summed E-state index contributed by atoms with van der Waals surface area (Å²) in [4.78, 5) is 24.6. The van der Waals surface area contributed by atoms with Gasteiger partial charge in [0.2, 0.25) is 15.9 Å². The van der Waals surface area contributed by atoms with Crippen LogP contribution < -0.4 is 10.6 Å². The fraction of sp³-hybridized carbons (Fsp3) is 0.280. The molecule has 1 aliphatic heterocycles. The maximum absolute atomic E-state index is 12.7. The molecule has 2 aromatic carbocycles. The van der Waals surface area contributed by atoms with E-state index in [9.17, 15) is 18.0 Å². The lowest BCUT2D eigenvalue weighted by Crippen LogP contribution is -2.43. The van der Waals surface area contributed by atoms with Crippen molar-refractivity contribution < 1.29 is 22.4 Å². The topological polar surface area (TPSA) is 109 Å². The standard InChI is InChI=1S/C25H27N3O5S/c29-24(21-12-14-28(15-13-21)34(31,32)18-20-5-2-1-3-6-20)26-17-19-8-10-22(11-9-19)27-25(30)23-7-4-16-33-23/h1-11,16,21H,12-15,17-18H2,(H,26,29)(H,27,30). The van der Waals surface area contributed by atoms with Crippen LogP contribution in [0.5, 0.6) is 0 Å². The van der Waals surface area contributed by atoms with Crippen LogP contribution in [0.25, 0.3) is 0 Å². The van der Waals surface area contributed by atoms with E-state index in [-0.39, 0.29) is 29.2 Å². The Labute approximate surface area is 199 Å². The van der Waals surface area contributed by atoms with Crippen molar-refractivity contribution >= 4 is 27.5 Å². The van der Waals surface area contributed by atoms with Crippen LogP contribution in [0.3, 0.4) is 0 Å². The van der Waals surface area contributed by atoms with Gasteiger partial charge in [-0.3, -0.25) is 9.59 Å². The van der Waals surface area contributed by atoms with E-state index in [2.05, 4.69) is 10.6 Å². The molecule has 0 radical (unpaired) electrons. The Morgan fingerprint density at radius 3 is 2.26 bits per heavy atom. The third kappa shape index (κ3) is 6.12. The van der Waals surface area contributed by atoms with Crippen molar-refractivity contribution in [2.75, 3.05) is 18.4 Å². The highest BCUT2D eigenvalue weighted by Gasteiger charge is 2.31. The molecule has 0 unspecified atom stereocenters. The Morgan fingerprint density at radius 1 is 0.912 bits per heavy atom. The first-order chi connectivity index (χ1) is 16.4. The fourth-order valence-corrected chi connectivity index (χ4v) is 5.48. The maximum atomic E-state index is 12.7. The predicted molar refractivity (Wildman–Crippen MR) is 128 cm³/mol. The molecule has 1 saturated heterocycles. The number of piperidine rings is 1. The highest BCUT2D eigenvalue weighted by molar-refractivity contribution is 7.88. The minimum absolute atomic E-state index is 0.0251. The summed E-state index contributed by atoms with van der Waals surface area (Å²) in [6, 6.07) is 19.5. The number of rotatable bonds is 8. The van der Waals surface area contributed by atoms with Gasteiger partial charge in [0.15, 0.2) is 5.76 Å². The zero-order valence-electron chi connectivity index (χ0n) is 18.6. The average Bonchev–Trinajstić information content (AvgIpc) is 3.39. The van der Waals surface area contributed by atoms with Crippen molar-refractivity contribution in [1.82, 2.24) is 9.62 Å². The van der Waals surface area contributed by atoms with Crippen LogP contribution in [0.2, 0.25) is 0 Å². The number of nitrogens with zero attached hydrogens (tertiary/aromatic N) is 1. The molecule has 0 aliphatic carbocycles. The Bertz CT molecular complexity index is 1200. The number of amides is 2. The van der Waals surface area contributed by atoms with Crippen molar-refractivity contribution in [2.24, 2.45) is 5.92 Å². The molecule has 9 heteroatoms. The number of carbonyl (C=O) groups excluding carboxylic acids is 2. The summed E-state index contributed by atoms with van der Waals surface area (Å²) in [7, 11) is -3.40. The van der Waals surface area contributed by atoms with E-state index < -0.39 is 10.0 Å². The first-order valence-corrected chi connectivity index (χ1v) is 12.7. The molecule has 4 rings (SSSR count).